The smallest absolute Gasteiger partial charge is 0.126 e. The second kappa shape index (κ2) is 5.85. The molecule has 2 nitrogen and oxygen atoms in total. The average molecular weight is 266 g/mol. The summed E-state index contributed by atoms with van der Waals surface area (Å²) in [5, 5.41) is 13.2. The van der Waals surface area contributed by atoms with Gasteiger partial charge in [0.15, 0.2) is 0 Å². The van der Waals surface area contributed by atoms with Gasteiger partial charge in [-0.25, -0.2) is 4.39 Å². The van der Waals surface area contributed by atoms with Crippen LogP contribution in [0.1, 0.15) is 11.7 Å². The zero-order valence-electron chi connectivity index (χ0n) is 9.61. The summed E-state index contributed by atoms with van der Waals surface area (Å²) in [4.78, 5) is 0. The monoisotopic (exact) mass is 265 g/mol. The SMILES string of the molecule is OC(CNc1cc(F)cc(Cl)c1)c1ccccc1. The molecule has 0 aromatic heterocycles. The Morgan fingerprint density at radius 2 is 1.89 bits per heavy atom. The van der Waals surface area contributed by atoms with E-state index in [4.69, 9.17) is 11.6 Å². The Labute approximate surface area is 110 Å². The number of anilines is 1. The summed E-state index contributed by atoms with van der Waals surface area (Å²) < 4.78 is 13.1. The predicted molar refractivity (Wildman–Crippen MR) is 71.3 cm³/mol. The van der Waals surface area contributed by atoms with Crippen LogP contribution in [-0.4, -0.2) is 11.7 Å². The molecule has 0 aliphatic carbocycles. The molecule has 0 saturated heterocycles. The lowest BCUT2D eigenvalue weighted by Crippen LogP contribution is -2.12. The number of aliphatic hydroxyl groups excluding tert-OH is 1. The first-order valence-corrected chi connectivity index (χ1v) is 5.96. The quantitative estimate of drug-likeness (QED) is 0.885. The van der Waals surface area contributed by atoms with E-state index in [0.717, 1.165) is 5.56 Å². The fourth-order valence-corrected chi connectivity index (χ4v) is 1.89. The molecule has 0 saturated carbocycles. The van der Waals surface area contributed by atoms with Crippen LogP contribution < -0.4 is 5.32 Å². The Kier molecular flexibility index (Phi) is 4.18. The summed E-state index contributed by atoms with van der Waals surface area (Å²) in [6.45, 7) is 0.295. The number of hydrogen-bond donors (Lipinski definition) is 2. The summed E-state index contributed by atoms with van der Waals surface area (Å²) in [6.07, 6.45) is -0.645. The highest BCUT2D eigenvalue weighted by Gasteiger charge is 2.07. The van der Waals surface area contributed by atoms with Gasteiger partial charge in [0.05, 0.1) is 6.10 Å². The van der Waals surface area contributed by atoms with E-state index in [1.54, 1.807) is 6.07 Å². The summed E-state index contributed by atoms with van der Waals surface area (Å²) in [6, 6.07) is 13.5. The van der Waals surface area contributed by atoms with Crippen LogP contribution in [0.4, 0.5) is 10.1 Å². The van der Waals surface area contributed by atoms with E-state index in [1.165, 1.54) is 12.1 Å². The average Bonchev–Trinajstić information content (AvgIpc) is 2.36. The number of halogens is 2. The first-order valence-electron chi connectivity index (χ1n) is 5.58. The van der Waals surface area contributed by atoms with E-state index >= 15 is 0 Å². The summed E-state index contributed by atoms with van der Waals surface area (Å²) in [7, 11) is 0. The summed E-state index contributed by atoms with van der Waals surface area (Å²) in [5.41, 5.74) is 1.36. The lowest BCUT2D eigenvalue weighted by Gasteiger charge is -2.13. The lowest BCUT2D eigenvalue weighted by atomic mass is 10.1. The molecule has 2 aromatic carbocycles. The van der Waals surface area contributed by atoms with Crippen LogP contribution in [0.5, 0.6) is 0 Å². The van der Waals surface area contributed by atoms with Gasteiger partial charge < -0.3 is 10.4 Å². The molecule has 1 atom stereocenters. The van der Waals surface area contributed by atoms with E-state index in [9.17, 15) is 9.50 Å². The van der Waals surface area contributed by atoms with Crippen molar-refractivity contribution in [2.24, 2.45) is 0 Å². The van der Waals surface area contributed by atoms with Crippen LogP contribution in [0.15, 0.2) is 48.5 Å². The van der Waals surface area contributed by atoms with E-state index in [0.29, 0.717) is 17.3 Å². The highest BCUT2D eigenvalue weighted by molar-refractivity contribution is 6.30. The normalized spacial score (nSPS) is 12.2. The van der Waals surface area contributed by atoms with Gasteiger partial charge >= 0.3 is 0 Å². The Bertz CT molecular complexity index is 498. The maximum Gasteiger partial charge on any atom is 0.126 e. The molecule has 0 bridgehead atoms. The van der Waals surface area contributed by atoms with Crippen molar-refractivity contribution in [1.82, 2.24) is 0 Å². The van der Waals surface area contributed by atoms with Gasteiger partial charge in [0.25, 0.3) is 0 Å². The van der Waals surface area contributed by atoms with Crippen molar-refractivity contribution in [3.8, 4) is 0 Å². The van der Waals surface area contributed by atoms with Crippen molar-refractivity contribution in [1.29, 1.82) is 0 Å². The Morgan fingerprint density at radius 1 is 1.17 bits per heavy atom. The van der Waals surface area contributed by atoms with Gasteiger partial charge in [-0.3, -0.25) is 0 Å². The molecule has 1 unspecified atom stereocenters. The third-order valence-electron chi connectivity index (χ3n) is 2.55. The van der Waals surface area contributed by atoms with Gasteiger partial charge in [-0.1, -0.05) is 41.9 Å². The molecular formula is C14H13ClFNO. The third kappa shape index (κ3) is 3.45. The number of aliphatic hydroxyl groups is 1. The number of benzene rings is 2. The van der Waals surface area contributed by atoms with E-state index < -0.39 is 11.9 Å². The molecule has 0 heterocycles. The van der Waals surface area contributed by atoms with Gasteiger partial charge in [0.1, 0.15) is 5.82 Å². The molecule has 18 heavy (non-hydrogen) atoms. The van der Waals surface area contributed by atoms with Crippen molar-refractivity contribution in [3.05, 3.63) is 64.9 Å². The van der Waals surface area contributed by atoms with Gasteiger partial charge in [-0.2, -0.15) is 0 Å². The summed E-state index contributed by atoms with van der Waals surface area (Å²) in [5.74, 6) is -0.404. The molecule has 0 aliphatic heterocycles. The fourth-order valence-electron chi connectivity index (χ4n) is 1.66. The molecule has 0 radical (unpaired) electrons. The summed E-state index contributed by atoms with van der Waals surface area (Å²) >= 11 is 5.74. The van der Waals surface area contributed by atoms with Gasteiger partial charge in [-0.15, -0.1) is 0 Å². The highest BCUT2D eigenvalue weighted by atomic mass is 35.5. The van der Waals surface area contributed by atoms with Crippen LogP contribution in [0.3, 0.4) is 0 Å². The molecule has 2 N–H and O–H groups in total. The minimum atomic E-state index is -0.645. The second-order valence-electron chi connectivity index (χ2n) is 3.97. The van der Waals surface area contributed by atoms with Gasteiger partial charge in [-0.05, 0) is 23.8 Å². The minimum absolute atomic E-state index is 0.295. The molecule has 0 amide bonds. The topological polar surface area (TPSA) is 32.3 Å². The molecule has 0 aliphatic rings. The Balaban J connectivity index is 1.99. The van der Waals surface area contributed by atoms with E-state index in [1.807, 2.05) is 30.3 Å². The Hall–Kier alpha value is -1.58. The van der Waals surface area contributed by atoms with Crippen molar-refractivity contribution in [2.45, 2.75) is 6.10 Å². The molecule has 2 rings (SSSR count). The van der Waals surface area contributed by atoms with Crippen LogP contribution in [-0.2, 0) is 0 Å². The first kappa shape index (κ1) is 12.9. The number of nitrogens with one attached hydrogen (secondary N) is 1. The maximum atomic E-state index is 13.1. The molecule has 2 aromatic rings. The number of rotatable bonds is 4. The second-order valence-corrected chi connectivity index (χ2v) is 4.40. The van der Waals surface area contributed by atoms with E-state index in [-0.39, 0.29) is 0 Å². The molecule has 94 valence electrons. The van der Waals surface area contributed by atoms with Crippen molar-refractivity contribution < 1.29 is 9.50 Å². The zero-order valence-corrected chi connectivity index (χ0v) is 10.4. The van der Waals surface area contributed by atoms with Crippen LogP contribution >= 0.6 is 11.6 Å². The van der Waals surface area contributed by atoms with Gasteiger partial charge in [0, 0.05) is 17.3 Å². The molecule has 4 heteroatoms. The van der Waals surface area contributed by atoms with Crippen LogP contribution in [0.2, 0.25) is 5.02 Å². The van der Waals surface area contributed by atoms with Crippen molar-refractivity contribution in [2.75, 3.05) is 11.9 Å². The molecular weight excluding hydrogens is 253 g/mol. The molecule has 0 fully saturated rings. The standard InChI is InChI=1S/C14H13ClFNO/c15-11-6-12(16)8-13(7-11)17-9-14(18)10-4-2-1-3-5-10/h1-8,14,17-18H,9H2. The largest absolute Gasteiger partial charge is 0.387 e. The van der Waals surface area contributed by atoms with Gasteiger partial charge in [0.2, 0.25) is 0 Å². The molecule has 0 spiro atoms. The highest BCUT2D eigenvalue weighted by Crippen LogP contribution is 2.19. The van der Waals surface area contributed by atoms with Crippen molar-refractivity contribution >= 4 is 17.3 Å². The minimum Gasteiger partial charge on any atom is -0.387 e. The maximum absolute atomic E-state index is 13.1. The van der Waals surface area contributed by atoms with Crippen molar-refractivity contribution in [3.63, 3.8) is 0 Å². The third-order valence-corrected chi connectivity index (χ3v) is 2.76. The zero-order chi connectivity index (χ0) is 13.0. The Morgan fingerprint density at radius 3 is 2.56 bits per heavy atom. The van der Waals surface area contributed by atoms with Crippen LogP contribution in [0, 0.1) is 5.82 Å². The lowest BCUT2D eigenvalue weighted by molar-refractivity contribution is 0.191. The first-order chi connectivity index (χ1) is 8.65. The fraction of sp³-hybridized carbons (Fsp3) is 0.143. The van der Waals surface area contributed by atoms with Crippen LogP contribution in [0.25, 0.3) is 0 Å². The predicted octanol–water partition coefficient (Wildman–Crippen LogP) is 3.62. The number of hydrogen-bond acceptors (Lipinski definition) is 2. The van der Waals surface area contributed by atoms with E-state index in [2.05, 4.69) is 5.32 Å².